The third-order valence-electron chi connectivity index (χ3n) is 1.72. The van der Waals surface area contributed by atoms with E-state index in [-0.39, 0.29) is 0 Å². The van der Waals surface area contributed by atoms with Gasteiger partial charge in [0.1, 0.15) is 9.34 Å². The van der Waals surface area contributed by atoms with Crippen LogP contribution in [-0.4, -0.2) is 22.6 Å². The van der Waals surface area contributed by atoms with E-state index in [2.05, 4.69) is 10.3 Å². The molecule has 0 amide bonds. The zero-order chi connectivity index (χ0) is 11.4. The van der Waals surface area contributed by atoms with E-state index in [0.29, 0.717) is 21.8 Å². The molecule has 1 heterocycles. The van der Waals surface area contributed by atoms with Crippen LogP contribution >= 0.6 is 22.9 Å². The number of aromatic nitrogens is 1. The standard InChI is InChI=1S/C9H13ClN2O2S/c1-5(2)3-11-7(9(13)14)8-12-4-6(10)15-8/h4-5,7,11H,3H2,1-2H3,(H,13,14). The van der Waals surface area contributed by atoms with Crippen molar-refractivity contribution in [3.63, 3.8) is 0 Å². The van der Waals surface area contributed by atoms with E-state index >= 15 is 0 Å². The van der Waals surface area contributed by atoms with Crippen LogP contribution in [0.5, 0.6) is 0 Å². The van der Waals surface area contributed by atoms with Crippen LogP contribution in [0.25, 0.3) is 0 Å². The van der Waals surface area contributed by atoms with Gasteiger partial charge in [-0.1, -0.05) is 25.4 Å². The largest absolute Gasteiger partial charge is 0.480 e. The molecule has 15 heavy (non-hydrogen) atoms. The topological polar surface area (TPSA) is 62.2 Å². The molecule has 84 valence electrons. The number of carbonyl (C=O) groups is 1. The second-order valence-corrected chi connectivity index (χ2v) is 5.27. The first-order valence-corrected chi connectivity index (χ1v) is 5.77. The predicted octanol–water partition coefficient (Wildman–Crippen LogP) is 2.17. The van der Waals surface area contributed by atoms with Gasteiger partial charge in [-0.25, -0.2) is 4.98 Å². The lowest BCUT2D eigenvalue weighted by Crippen LogP contribution is -2.31. The van der Waals surface area contributed by atoms with Crippen LogP contribution in [0.2, 0.25) is 4.34 Å². The van der Waals surface area contributed by atoms with Crippen molar-refractivity contribution in [2.75, 3.05) is 6.54 Å². The molecule has 0 fully saturated rings. The van der Waals surface area contributed by atoms with Crippen molar-refractivity contribution in [2.24, 2.45) is 5.92 Å². The number of nitrogens with one attached hydrogen (secondary N) is 1. The van der Waals surface area contributed by atoms with E-state index in [0.717, 1.165) is 0 Å². The van der Waals surface area contributed by atoms with Gasteiger partial charge in [0.2, 0.25) is 0 Å². The van der Waals surface area contributed by atoms with Crippen LogP contribution in [0.1, 0.15) is 24.9 Å². The molecular weight excluding hydrogens is 236 g/mol. The van der Waals surface area contributed by atoms with E-state index in [4.69, 9.17) is 16.7 Å². The van der Waals surface area contributed by atoms with Crippen molar-refractivity contribution in [1.29, 1.82) is 0 Å². The zero-order valence-electron chi connectivity index (χ0n) is 8.53. The van der Waals surface area contributed by atoms with Crippen molar-refractivity contribution in [3.8, 4) is 0 Å². The molecule has 0 bridgehead atoms. The maximum absolute atomic E-state index is 11.0. The van der Waals surface area contributed by atoms with Crippen molar-refractivity contribution in [2.45, 2.75) is 19.9 Å². The van der Waals surface area contributed by atoms with Crippen molar-refractivity contribution < 1.29 is 9.90 Å². The summed E-state index contributed by atoms with van der Waals surface area (Å²) in [5, 5.41) is 12.4. The van der Waals surface area contributed by atoms with E-state index in [1.54, 1.807) is 0 Å². The van der Waals surface area contributed by atoms with Gasteiger partial charge < -0.3 is 5.11 Å². The molecule has 1 rings (SSSR count). The number of nitrogens with zero attached hydrogens (tertiary/aromatic N) is 1. The van der Waals surface area contributed by atoms with Crippen LogP contribution in [0.3, 0.4) is 0 Å². The Morgan fingerprint density at radius 2 is 2.40 bits per heavy atom. The summed E-state index contributed by atoms with van der Waals surface area (Å²) < 4.78 is 0.502. The fourth-order valence-corrected chi connectivity index (χ4v) is 2.03. The summed E-state index contributed by atoms with van der Waals surface area (Å²) >= 11 is 6.89. The van der Waals surface area contributed by atoms with Crippen molar-refractivity contribution in [1.82, 2.24) is 10.3 Å². The average molecular weight is 249 g/mol. The first kappa shape index (κ1) is 12.4. The Morgan fingerprint density at radius 1 is 1.73 bits per heavy atom. The van der Waals surface area contributed by atoms with Crippen LogP contribution < -0.4 is 5.32 Å². The summed E-state index contributed by atoms with van der Waals surface area (Å²) in [6, 6.07) is -0.759. The molecular formula is C9H13ClN2O2S. The van der Waals surface area contributed by atoms with Crippen LogP contribution in [0.4, 0.5) is 0 Å². The van der Waals surface area contributed by atoms with E-state index < -0.39 is 12.0 Å². The summed E-state index contributed by atoms with van der Waals surface area (Å²) in [5.41, 5.74) is 0. The Balaban J connectivity index is 2.70. The van der Waals surface area contributed by atoms with Crippen LogP contribution in [0.15, 0.2) is 6.20 Å². The highest BCUT2D eigenvalue weighted by molar-refractivity contribution is 7.16. The molecule has 0 saturated carbocycles. The number of hydrogen-bond donors (Lipinski definition) is 2. The molecule has 0 aliphatic heterocycles. The fourth-order valence-electron chi connectivity index (χ4n) is 1.03. The first-order chi connectivity index (χ1) is 7.00. The molecule has 1 atom stereocenters. The first-order valence-electron chi connectivity index (χ1n) is 4.58. The highest BCUT2D eigenvalue weighted by Gasteiger charge is 2.22. The highest BCUT2D eigenvalue weighted by Crippen LogP contribution is 2.24. The number of aliphatic carboxylic acids is 1. The molecule has 1 aromatic heterocycles. The van der Waals surface area contributed by atoms with E-state index in [9.17, 15) is 4.79 Å². The normalized spacial score (nSPS) is 13.1. The summed E-state index contributed by atoms with van der Waals surface area (Å²) in [6.07, 6.45) is 1.47. The van der Waals surface area contributed by atoms with Gasteiger partial charge in [-0.15, -0.1) is 11.3 Å². The highest BCUT2D eigenvalue weighted by atomic mass is 35.5. The number of carboxylic acids is 1. The number of hydrogen-bond acceptors (Lipinski definition) is 4. The number of rotatable bonds is 5. The Labute approximate surface area is 97.3 Å². The number of carboxylic acid groups (broad SMARTS) is 1. The van der Waals surface area contributed by atoms with Crippen LogP contribution in [-0.2, 0) is 4.79 Å². The Morgan fingerprint density at radius 3 is 2.80 bits per heavy atom. The summed E-state index contributed by atoms with van der Waals surface area (Å²) in [6.45, 7) is 4.66. The second kappa shape index (κ2) is 5.44. The average Bonchev–Trinajstić information content (AvgIpc) is 2.51. The predicted molar refractivity (Wildman–Crippen MR) is 60.3 cm³/mol. The van der Waals surface area contributed by atoms with Gasteiger partial charge in [-0.05, 0) is 12.5 Å². The lowest BCUT2D eigenvalue weighted by Gasteiger charge is -2.13. The van der Waals surface area contributed by atoms with Crippen LogP contribution in [0, 0.1) is 5.92 Å². The Kier molecular flexibility index (Phi) is 4.50. The number of thiazole rings is 1. The molecule has 0 aromatic carbocycles. The SMILES string of the molecule is CC(C)CNC(C(=O)O)c1ncc(Cl)s1. The summed E-state index contributed by atoms with van der Waals surface area (Å²) in [7, 11) is 0. The molecule has 0 spiro atoms. The molecule has 4 nitrogen and oxygen atoms in total. The molecule has 0 aliphatic rings. The molecule has 0 aliphatic carbocycles. The van der Waals surface area contributed by atoms with Gasteiger partial charge in [0.25, 0.3) is 0 Å². The van der Waals surface area contributed by atoms with Gasteiger partial charge >= 0.3 is 5.97 Å². The third kappa shape index (κ3) is 3.77. The molecule has 0 radical (unpaired) electrons. The maximum atomic E-state index is 11.0. The smallest absolute Gasteiger partial charge is 0.327 e. The second-order valence-electron chi connectivity index (χ2n) is 3.58. The maximum Gasteiger partial charge on any atom is 0.327 e. The minimum Gasteiger partial charge on any atom is -0.480 e. The van der Waals surface area contributed by atoms with E-state index in [1.807, 2.05) is 13.8 Å². The summed E-state index contributed by atoms with van der Waals surface area (Å²) in [5.74, 6) is -0.538. The van der Waals surface area contributed by atoms with Gasteiger partial charge in [-0.3, -0.25) is 10.1 Å². The Bertz CT molecular complexity index is 341. The van der Waals surface area contributed by atoms with Gasteiger partial charge in [-0.2, -0.15) is 0 Å². The van der Waals surface area contributed by atoms with Gasteiger partial charge in [0.05, 0.1) is 6.20 Å². The lowest BCUT2D eigenvalue weighted by atomic mass is 10.2. The lowest BCUT2D eigenvalue weighted by molar-refractivity contribution is -0.139. The fraction of sp³-hybridized carbons (Fsp3) is 0.556. The van der Waals surface area contributed by atoms with Gasteiger partial charge in [0.15, 0.2) is 6.04 Å². The molecule has 6 heteroatoms. The summed E-state index contributed by atoms with van der Waals surface area (Å²) in [4.78, 5) is 14.9. The Hall–Kier alpha value is -0.650. The minimum atomic E-state index is -0.929. The van der Waals surface area contributed by atoms with Crippen molar-refractivity contribution >= 4 is 28.9 Å². The number of halogens is 1. The van der Waals surface area contributed by atoms with E-state index in [1.165, 1.54) is 17.5 Å². The molecule has 0 saturated heterocycles. The minimum absolute atomic E-state index is 0.391. The molecule has 2 N–H and O–H groups in total. The molecule has 1 unspecified atom stereocenters. The zero-order valence-corrected chi connectivity index (χ0v) is 10.1. The van der Waals surface area contributed by atoms with Crippen molar-refractivity contribution in [3.05, 3.63) is 15.5 Å². The monoisotopic (exact) mass is 248 g/mol. The third-order valence-corrected chi connectivity index (χ3v) is 2.90. The van der Waals surface area contributed by atoms with Gasteiger partial charge in [0, 0.05) is 0 Å². The molecule has 1 aromatic rings. The quantitative estimate of drug-likeness (QED) is 0.838.